The lowest BCUT2D eigenvalue weighted by atomic mass is 9.95. The van der Waals surface area contributed by atoms with E-state index in [2.05, 4.69) is 34.6 Å². The Labute approximate surface area is 142 Å². The highest BCUT2D eigenvalue weighted by atomic mass is 14.1. The minimum absolute atomic E-state index is 0.887. The zero-order valence-corrected chi connectivity index (χ0v) is 16.6. The summed E-state index contributed by atoms with van der Waals surface area (Å²) in [5.74, 6) is 2.74. The lowest BCUT2D eigenvalue weighted by Crippen LogP contribution is -1.96. The first-order chi connectivity index (χ1) is 10.5. The van der Waals surface area contributed by atoms with Gasteiger partial charge in [0.2, 0.25) is 0 Å². The van der Waals surface area contributed by atoms with Gasteiger partial charge in [-0.15, -0.1) is 0 Å². The van der Waals surface area contributed by atoms with Crippen LogP contribution in [0, 0.1) is 17.8 Å². The van der Waals surface area contributed by atoms with Crippen LogP contribution >= 0.6 is 0 Å². The third-order valence-corrected chi connectivity index (χ3v) is 4.96. The Morgan fingerprint density at radius 1 is 0.364 bits per heavy atom. The van der Waals surface area contributed by atoms with Crippen molar-refractivity contribution in [3.05, 3.63) is 0 Å². The van der Waals surface area contributed by atoms with Gasteiger partial charge in [0.25, 0.3) is 0 Å². The standard InChI is InChI=1S/C22H46/c1-20(2)16-13-11-9-7-6-8-10-12-14-18-22(5)19-15-17-21(3)4/h20-22H,6-19H2,1-5H3. The number of unbranched alkanes of at least 4 members (excludes halogenated alkanes) is 8. The lowest BCUT2D eigenvalue weighted by molar-refractivity contribution is 0.417. The van der Waals surface area contributed by atoms with Gasteiger partial charge in [-0.3, -0.25) is 0 Å². The van der Waals surface area contributed by atoms with Crippen LogP contribution in [0.15, 0.2) is 0 Å². The minimum atomic E-state index is 0.887. The molecule has 0 nitrogen and oxygen atoms in total. The first-order valence-electron chi connectivity index (χ1n) is 10.5. The van der Waals surface area contributed by atoms with E-state index in [0.717, 1.165) is 17.8 Å². The van der Waals surface area contributed by atoms with Crippen LogP contribution in [0.5, 0.6) is 0 Å². The molecule has 0 saturated carbocycles. The van der Waals surface area contributed by atoms with E-state index in [9.17, 15) is 0 Å². The number of hydrogen-bond acceptors (Lipinski definition) is 0. The van der Waals surface area contributed by atoms with Crippen molar-refractivity contribution in [1.82, 2.24) is 0 Å². The van der Waals surface area contributed by atoms with Gasteiger partial charge in [-0.1, -0.05) is 125 Å². The molecule has 0 heterocycles. The van der Waals surface area contributed by atoms with E-state index < -0.39 is 0 Å². The molecule has 0 fully saturated rings. The Morgan fingerprint density at radius 2 is 0.682 bits per heavy atom. The molecule has 0 N–H and O–H groups in total. The second kappa shape index (κ2) is 15.9. The van der Waals surface area contributed by atoms with Crippen LogP contribution < -0.4 is 0 Å². The molecule has 0 heteroatoms. The van der Waals surface area contributed by atoms with E-state index in [-0.39, 0.29) is 0 Å². The maximum Gasteiger partial charge on any atom is -0.0443 e. The van der Waals surface area contributed by atoms with E-state index >= 15 is 0 Å². The van der Waals surface area contributed by atoms with Gasteiger partial charge >= 0.3 is 0 Å². The molecule has 0 saturated heterocycles. The molecule has 1 atom stereocenters. The Morgan fingerprint density at radius 3 is 1.14 bits per heavy atom. The summed E-state index contributed by atoms with van der Waals surface area (Å²) in [6, 6.07) is 0. The second-order valence-electron chi connectivity index (χ2n) is 8.58. The predicted molar refractivity (Wildman–Crippen MR) is 103 cm³/mol. The van der Waals surface area contributed by atoms with Crippen molar-refractivity contribution in [3.8, 4) is 0 Å². The summed E-state index contributed by atoms with van der Waals surface area (Å²) in [4.78, 5) is 0. The van der Waals surface area contributed by atoms with E-state index in [1.165, 1.54) is 89.9 Å². The molecule has 22 heavy (non-hydrogen) atoms. The second-order valence-corrected chi connectivity index (χ2v) is 8.58. The van der Waals surface area contributed by atoms with Crippen molar-refractivity contribution in [2.75, 3.05) is 0 Å². The monoisotopic (exact) mass is 310 g/mol. The average molecular weight is 311 g/mol. The van der Waals surface area contributed by atoms with Crippen LogP contribution in [0.2, 0.25) is 0 Å². The molecule has 1 unspecified atom stereocenters. The van der Waals surface area contributed by atoms with Crippen molar-refractivity contribution >= 4 is 0 Å². The summed E-state index contributed by atoms with van der Waals surface area (Å²) in [5, 5.41) is 0. The minimum Gasteiger partial charge on any atom is -0.0628 e. The van der Waals surface area contributed by atoms with Crippen molar-refractivity contribution in [2.45, 2.75) is 125 Å². The largest absolute Gasteiger partial charge is 0.0628 e. The van der Waals surface area contributed by atoms with Crippen molar-refractivity contribution in [3.63, 3.8) is 0 Å². The van der Waals surface area contributed by atoms with Crippen LogP contribution in [-0.4, -0.2) is 0 Å². The van der Waals surface area contributed by atoms with Gasteiger partial charge in [0.15, 0.2) is 0 Å². The van der Waals surface area contributed by atoms with Gasteiger partial charge in [0.1, 0.15) is 0 Å². The topological polar surface area (TPSA) is 0 Å². The SMILES string of the molecule is CC(C)CCCCCCCCCCCC(C)CCCC(C)C. The third-order valence-electron chi connectivity index (χ3n) is 4.96. The number of rotatable bonds is 16. The van der Waals surface area contributed by atoms with E-state index in [1.807, 2.05) is 0 Å². The third kappa shape index (κ3) is 18.1. The Bertz CT molecular complexity index is 204. The van der Waals surface area contributed by atoms with Gasteiger partial charge in [-0.05, 0) is 17.8 Å². The average Bonchev–Trinajstić information content (AvgIpc) is 2.44. The fourth-order valence-electron chi connectivity index (χ4n) is 3.30. The molecule has 134 valence electrons. The fourth-order valence-corrected chi connectivity index (χ4v) is 3.30. The van der Waals surface area contributed by atoms with Crippen LogP contribution in [-0.2, 0) is 0 Å². The summed E-state index contributed by atoms with van der Waals surface area (Å²) in [7, 11) is 0. The van der Waals surface area contributed by atoms with Gasteiger partial charge in [0.05, 0.1) is 0 Å². The van der Waals surface area contributed by atoms with Gasteiger partial charge in [-0.2, -0.15) is 0 Å². The fraction of sp³-hybridized carbons (Fsp3) is 1.00. The van der Waals surface area contributed by atoms with Crippen molar-refractivity contribution in [2.24, 2.45) is 17.8 Å². The molecule has 0 bridgehead atoms. The molecule has 0 aliphatic carbocycles. The van der Waals surface area contributed by atoms with Crippen molar-refractivity contribution < 1.29 is 0 Å². The van der Waals surface area contributed by atoms with E-state index in [4.69, 9.17) is 0 Å². The highest BCUT2D eigenvalue weighted by molar-refractivity contribution is 4.56. The lowest BCUT2D eigenvalue weighted by Gasteiger charge is -2.12. The molecule has 0 amide bonds. The maximum absolute atomic E-state index is 2.46. The molecule has 0 aliphatic rings. The number of hydrogen-bond donors (Lipinski definition) is 0. The highest BCUT2D eigenvalue weighted by Crippen LogP contribution is 2.19. The Hall–Kier alpha value is 0. The zero-order valence-electron chi connectivity index (χ0n) is 16.6. The van der Waals surface area contributed by atoms with Crippen LogP contribution in [0.25, 0.3) is 0 Å². The van der Waals surface area contributed by atoms with Gasteiger partial charge < -0.3 is 0 Å². The highest BCUT2D eigenvalue weighted by Gasteiger charge is 2.03. The molecular weight excluding hydrogens is 264 g/mol. The van der Waals surface area contributed by atoms with Crippen LogP contribution in [0.1, 0.15) is 125 Å². The summed E-state index contributed by atoms with van der Waals surface area (Å²) in [6.07, 6.45) is 20.4. The van der Waals surface area contributed by atoms with Gasteiger partial charge in [-0.25, -0.2) is 0 Å². The van der Waals surface area contributed by atoms with E-state index in [1.54, 1.807) is 0 Å². The summed E-state index contributed by atoms with van der Waals surface area (Å²) in [6.45, 7) is 11.8. The quantitative estimate of drug-likeness (QED) is 0.251. The van der Waals surface area contributed by atoms with E-state index in [0.29, 0.717) is 0 Å². The van der Waals surface area contributed by atoms with Gasteiger partial charge in [0, 0.05) is 0 Å². The molecule has 0 aromatic rings. The summed E-state index contributed by atoms with van der Waals surface area (Å²) < 4.78 is 0. The molecule has 0 aliphatic heterocycles. The smallest absolute Gasteiger partial charge is 0.0443 e. The molecule has 0 rings (SSSR count). The molecule has 0 aromatic carbocycles. The molecular formula is C22H46. The maximum atomic E-state index is 2.46. The molecule has 0 aromatic heterocycles. The summed E-state index contributed by atoms with van der Waals surface area (Å²) >= 11 is 0. The molecule has 0 spiro atoms. The first kappa shape index (κ1) is 22.0. The Balaban J connectivity index is 3.13. The zero-order chi connectivity index (χ0) is 16.6. The molecule has 0 radical (unpaired) electrons. The van der Waals surface area contributed by atoms with Crippen molar-refractivity contribution in [1.29, 1.82) is 0 Å². The van der Waals surface area contributed by atoms with Crippen LogP contribution in [0.4, 0.5) is 0 Å². The first-order valence-corrected chi connectivity index (χ1v) is 10.5. The normalized spacial score (nSPS) is 13.2. The predicted octanol–water partition coefficient (Wildman–Crippen LogP) is 8.40. The summed E-state index contributed by atoms with van der Waals surface area (Å²) in [5.41, 5.74) is 0. The Kier molecular flexibility index (Phi) is 15.9. The van der Waals surface area contributed by atoms with Crippen LogP contribution in [0.3, 0.4) is 0 Å².